The second-order valence-electron chi connectivity index (χ2n) is 6.78. The Morgan fingerprint density at radius 1 is 1.10 bits per heavy atom. The Morgan fingerprint density at radius 3 is 2.48 bits per heavy atom. The number of nitrogens with zero attached hydrogens (tertiary/aromatic N) is 2. The maximum Gasteiger partial charge on any atom is 0.124 e. The van der Waals surface area contributed by atoms with Gasteiger partial charge in [-0.1, -0.05) is 32.8 Å². The molecule has 3 heteroatoms. The lowest BCUT2D eigenvalue weighted by molar-refractivity contribution is 0.154. The summed E-state index contributed by atoms with van der Waals surface area (Å²) in [5, 5.41) is 0. The molecule has 1 aliphatic rings. The Kier molecular flexibility index (Phi) is 4.29. The number of rotatable bonds is 3. The van der Waals surface area contributed by atoms with Crippen molar-refractivity contribution < 1.29 is 0 Å². The van der Waals surface area contributed by atoms with Gasteiger partial charge in [-0.3, -0.25) is 4.90 Å². The van der Waals surface area contributed by atoms with Gasteiger partial charge in [0.05, 0.1) is 17.1 Å². The molecule has 21 heavy (non-hydrogen) atoms. The molecule has 1 atom stereocenters. The van der Waals surface area contributed by atoms with Crippen LogP contribution in [0.3, 0.4) is 0 Å². The molecule has 1 unspecified atom stereocenters. The van der Waals surface area contributed by atoms with Gasteiger partial charge in [0, 0.05) is 0 Å². The van der Waals surface area contributed by atoms with E-state index in [2.05, 4.69) is 48.9 Å². The molecular weight excluding hydrogens is 258 g/mol. The fraction of sp³-hybridized carbons (Fsp3) is 0.611. The van der Waals surface area contributed by atoms with Gasteiger partial charge in [-0.15, -0.1) is 0 Å². The Labute approximate surface area is 127 Å². The summed E-state index contributed by atoms with van der Waals surface area (Å²) in [6, 6.07) is 6.88. The van der Waals surface area contributed by atoms with Crippen LogP contribution < -0.4 is 0 Å². The van der Waals surface area contributed by atoms with E-state index in [1.165, 1.54) is 49.9 Å². The van der Waals surface area contributed by atoms with E-state index in [0.29, 0.717) is 12.0 Å². The zero-order valence-electron chi connectivity index (χ0n) is 13.5. The molecule has 1 N–H and O–H groups in total. The summed E-state index contributed by atoms with van der Waals surface area (Å²) in [4.78, 5) is 11.1. The number of hydrogen-bond acceptors (Lipinski definition) is 2. The lowest BCUT2D eigenvalue weighted by Gasteiger charge is -2.32. The van der Waals surface area contributed by atoms with Crippen LogP contribution in [-0.2, 0) is 0 Å². The zero-order chi connectivity index (χ0) is 14.8. The van der Waals surface area contributed by atoms with Crippen molar-refractivity contribution in [2.75, 3.05) is 13.1 Å². The van der Waals surface area contributed by atoms with Gasteiger partial charge in [-0.25, -0.2) is 4.98 Å². The van der Waals surface area contributed by atoms with Crippen LogP contribution in [0, 0.1) is 12.8 Å². The molecule has 3 rings (SSSR count). The molecule has 1 fully saturated rings. The second-order valence-corrected chi connectivity index (χ2v) is 6.78. The van der Waals surface area contributed by atoms with Crippen molar-refractivity contribution in [1.29, 1.82) is 0 Å². The number of aromatic nitrogens is 2. The van der Waals surface area contributed by atoms with Crippen molar-refractivity contribution in [3.8, 4) is 0 Å². The van der Waals surface area contributed by atoms with Gasteiger partial charge in [0.1, 0.15) is 5.82 Å². The highest BCUT2D eigenvalue weighted by Gasteiger charge is 2.27. The molecule has 2 aromatic rings. The first-order valence-electron chi connectivity index (χ1n) is 8.35. The van der Waals surface area contributed by atoms with Crippen molar-refractivity contribution in [1.82, 2.24) is 14.9 Å². The van der Waals surface area contributed by atoms with Gasteiger partial charge < -0.3 is 4.98 Å². The molecule has 3 nitrogen and oxygen atoms in total. The summed E-state index contributed by atoms with van der Waals surface area (Å²) in [5.41, 5.74) is 3.55. The van der Waals surface area contributed by atoms with E-state index < -0.39 is 0 Å². The summed E-state index contributed by atoms with van der Waals surface area (Å²) >= 11 is 0. The highest BCUT2D eigenvalue weighted by atomic mass is 15.2. The highest BCUT2D eigenvalue weighted by molar-refractivity contribution is 5.75. The molecule has 2 heterocycles. The fourth-order valence-electron chi connectivity index (χ4n) is 3.57. The van der Waals surface area contributed by atoms with Crippen molar-refractivity contribution in [3.63, 3.8) is 0 Å². The molecule has 0 spiro atoms. The quantitative estimate of drug-likeness (QED) is 0.903. The monoisotopic (exact) mass is 285 g/mol. The first-order valence-corrected chi connectivity index (χ1v) is 8.35. The van der Waals surface area contributed by atoms with E-state index >= 15 is 0 Å². The number of aryl methyl sites for hydroxylation is 1. The maximum absolute atomic E-state index is 4.88. The topological polar surface area (TPSA) is 31.9 Å². The van der Waals surface area contributed by atoms with E-state index in [0.717, 1.165) is 11.3 Å². The first kappa shape index (κ1) is 14.6. The number of likely N-dealkylation sites (tertiary alicyclic amines) is 1. The Hall–Kier alpha value is -1.35. The molecule has 0 saturated carbocycles. The first-order chi connectivity index (χ1) is 10.1. The SMILES string of the molecule is Cc1ccc2nc(C(C(C)C)N3CCCCCC3)[nH]c2c1. The van der Waals surface area contributed by atoms with Gasteiger partial charge in [-0.2, -0.15) is 0 Å². The summed E-state index contributed by atoms with van der Waals surface area (Å²) in [7, 11) is 0. The highest BCUT2D eigenvalue weighted by Crippen LogP contribution is 2.30. The van der Waals surface area contributed by atoms with Crippen LogP contribution in [-0.4, -0.2) is 28.0 Å². The van der Waals surface area contributed by atoms with E-state index in [4.69, 9.17) is 4.98 Å². The van der Waals surface area contributed by atoms with Gasteiger partial charge in [0.2, 0.25) is 0 Å². The van der Waals surface area contributed by atoms with Crippen molar-refractivity contribution in [3.05, 3.63) is 29.6 Å². The number of benzene rings is 1. The van der Waals surface area contributed by atoms with Crippen molar-refractivity contribution in [2.24, 2.45) is 5.92 Å². The van der Waals surface area contributed by atoms with E-state index in [9.17, 15) is 0 Å². The summed E-state index contributed by atoms with van der Waals surface area (Å²) in [6.45, 7) is 9.18. The molecule has 1 saturated heterocycles. The van der Waals surface area contributed by atoms with Crippen LogP contribution in [0.5, 0.6) is 0 Å². The van der Waals surface area contributed by atoms with Crippen LogP contribution in [0.2, 0.25) is 0 Å². The van der Waals surface area contributed by atoms with Crippen LogP contribution in [0.15, 0.2) is 18.2 Å². The van der Waals surface area contributed by atoms with E-state index in [1.54, 1.807) is 0 Å². The Balaban J connectivity index is 1.94. The number of aromatic amines is 1. The molecule has 0 radical (unpaired) electrons. The molecular formula is C18H27N3. The van der Waals surface area contributed by atoms with Gasteiger partial charge in [-0.05, 0) is 56.5 Å². The van der Waals surface area contributed by atoms with Crippen LogP contribution in [0.25, 0.3) is 11.0 Å². The lowest BCUT2D eigenvalue weighted by atomic mass is 10.0. The number of hydrogen-bond donors (Lipinski definition) is 1. The van der Waals surface area contributed by atoms with Gasteiger partial charge in [0.15, 0.2) is 0 Å². The van der Waals surface area contributed by atoms with Crippen molar-refractivity contribution in [2.45, 2.75) is 52.5 Å². The fourth-order valence-corrected chi connectivity index (χ4v) is 3.57. The Bertz CT molecular complexity index is 592. The largest absolute Gasteiger partial charge is 0.341 e. The van der Waals surface area contributed by atoms with Crippen LogP contribution in [0.4, 0.5) is 0 Å². The third-order valence-electron chi connectivity index (χ3n) is 4.60. The third-order valence-corrected chi connectivity index (χ3v) is 4.60. The van der Waals surface area contributed by atoms with Crippen LogP contribution in [0.1, 0.15) is 57.0 Å². The minimum atomic E-state index is 0.413. The normalized spacial score (nSPS) is 19.0. The summed E-state index contributed by atoms with van der Waals surface area (Å²) in [6.07, 6.45) is 5.40. The molecule has 0 bridgehead atoms. The van der Waals surface area contributed by atoms with Crippen LogP contribution >= 0.6 is 0 Å². The number of imidazole rings is 1. The molecule has 1 aromatic heterocycles. The lowest BCUT2D eigenvalue weighted by Crippen LogP contribution is -2.33. The summed E-state index contributed by atoms with van der Waals surface area (Å²) < 4.78 is 0. The smallest absolute Gasteiger partial charge is 0.124 e. The maximum atomic E-state index is 4.88. The molecule has 114 valence electrons. The van der Waals surface area contributed by atoms with E-state index in [1.807, 2.05) is 0 Å². The Morgan fingerprint density at radius 2 is 1.81 bits per heavy atom. The minimum absolute atomic E-state index is 0.413. The predicted octanol–water partition coefficient (Wildman–Crippen LogP) is 4.44. The predicted molar refractivity (Wildman–Crippen MR) is 88.5 cm³/mol. The number of nitrogens with one attached hydrogen (secondary N) is 1. The molecule has 1 aliphatic heterocycles. The molecule has 1 aromatic carbocycles. The van der Waals surface area contributed by atoms with Gasteiger partial charge in [0.25, 0.3) is 0 Å². The summed E-state index contributed by atoms with van der Waals surface area (Å²) in [5.74, 6) is 1.72. The number of fused-ring (bicyclic) bond motifs is 1. The average molecular weight is 285 g/mol. The molecule has 0 aliphatic carbocycles. The molecule has 0 amide bonds. The second kappa shape index (κ2) is 6.18. The minimum Gasteiger partial charge on any atom is -0.341 e. The van der Waals surface area contributed by atoms with Gasteiger partial charge >= 0.3 is 0 Å². The van der Waals surface area contributed by atoms with E-state index in [-0.39, 0.29) is 0 Å². The standard InChI is InChI=1S/C18H27N3/c1-13(2)17(21-10-6-4-5-7-11-21)18-19-15-9-8-14(3)12-16(15)20-18/h8-9,12-13,17H,4-7,10-11H2,1-3H3,(H,19,20). The number of H-pyrrole nitrogens is 1. The average Bonchev–Trinajstić information content (AvgIpc) is 2.66. The van der Waals surface area contributed by atoms with Crippen molar-refractivity contribution >= 4 is 11.0 Å². The third kappa shape index (κ3) is 3.13. The zero-order valence-corrected chi connectivity index (χ0v) is 13.5.